The molecule has 14 fully saturated rings. The number of carbonyl (C=O) groups is 3. The van der Waals surface area contributed by atoms with Gasteiger partial charge in [0, 0.05) is 62.8 Å². The highest BCUT2D eigenvalue weighted by molar-refractivity contribution is 5.78. The highest BCUT2D eigenvalue weighted by atomic mass is 16.7. The van der Waals surface area contributed by atoms with Crippen LogP contribution in [-0.2, 0) is 42.8 Å². The summed E-state index contributed by atoms with van der Waals surface area (Å²) in [7, 11) is 3.87. The van der Waals surface area contributed by atoms with E-state index >= 15 is 0 Å². The normalized spacial score (nSPS) is 51.9. The van der Waals surface area contributed by atoms with Crippen LogP contribution in [0.3, 0.4) is 0 Å². The number of morpholine rings is 2. The Kier molecular flexibility index (Phi) is 16.5. The minimum atomic E-state index is -0.487. The van der Waals surface area contributed by atoms with Gasteiger partial charge >= 0.3 is 0 Å². The van der Waals surface area contributed by atoms with E-state index in [1.807, 2.05) is 51.6 Å². The lowest BCUT2D eigenvalue weighted by Gasteiger charge is -2.64. The number of nitrogens with zero attached hydrogens (tertiary/aromatic N) is 3. The minimum Gasteiger partial charge on any atom is -0.390 e. The zero-order valence-electron chi connectivity index (χ0n) is 58.4. The molecule has 504 valence electrons. The monoisotopic (exact) mass is 1240 g/mol. The molecule has 0 unspecified atom stereocenters. The molecule has 4 spiro atoms. The summed E-state index contributed by atoms with van der Waals surface area (Å²) < 4.78 is 39.4. The molecule has 0 bridgehead atoms. The number of aliphatic hydroxyl groups excluding tert-OH is 2. The number of carbonyl (C=O) groups excluding carboxylic acids is 3. The smallest absolute Gasteiger partial charge is 0.225 e. The molecule has 3 amide bonds. The number of rotatable bonds is 10. The van der Waals surface area contributed by atoms with E-state index in [4.69, 9.17) is 28.4 Å². The first-order valence-corrected chi connectivity index (χ1v) is 36.4. The number of hydrogen-bond acceptors (Lipinski definition) is 12. The lowest BCUT2D eigenvalue weighted by molar-refractivity contribution is -0.248. The van der Waals surface area contributed by atoms with E-state index in [9.17, 15) is 24.6 Å². The van der Waals surface area contributed by atoms with Gasteiger partial charge in [0.2, 0.25) is 17.7 Å². The quantitative estimate of drug-likeness (QED) is 0.190. The van der Waals surface area contributed by atoms with Crippen LogP contribution in [0, 0.1) is 113 Å². The maximum absolute atomic E-state index is 12.7. The maximum atomic E-state index is 12.7. The van der Waals surface area contributed by atoms with Crippen LogP contribution < -0.4 is 5.32 Å². The highest BCUT2D eigenvalue weighted by Crippen LogP contribution is 2.91. The SMILES string of the molecule is CC(=O)N(C)C[C@H]1C[C@@H](C)[C@H]2[C@H](O1)[C@H](O)[C@@]1(C)[C@@H]3CC[C@H]4C(C)(C)[C@@H](O[C@H]5CN(C(=O)C(C)C)CCO5)CC[C@@]45C[C@@]35CC[C@]21C.CNC[C@H]1C[C@@H](C)[C@H]2[C@H](O1)[C@H](O)[C@@]1(C)[C@@H]3CC[C@H]4C(C)(C)[C@@H](O[C@H]5CN(C(=O)C(C)C)CCO5)CC[C@@]45C[C@@]35CC[C@]21C. The van der Waals surface area contributed by atoms with Crippen molar-refractivity contribution in [3.05, 3.63) is 0 Å². The van der Waals surface area contributed by atoms with Crippen LogP contribution in [0.4, 0.5) is 0 Å². The fraction of sp³-hybridized carbons (Fsp3) is 0.959. The first-order chi connectivity index (χ1) is 41.8. The van der Waals surface area contributed by atoms with Gasteiger partial charge in [-0.2, -0.15) is 0 Å². The van der Waals surface area contributed by atoms with Gasteiger partial charge in [-0.25, -0.2) is 0 Å². The Morgan fingerprint density at radius 3 is 1.38 bits per heavy atom. The molecule has 10 aliphatic carbocycles. The standard InChI is InChI=1S/C38H62N2O6.C36H60N2O5/c1-22(2)33(43)40-16-17-44-29(20-40)46-28-12-13-37-21-38(37)15-14-35(7)30-23(3)18-25(19-39(9)24(4)41)45-31(30)32(42)36(35,8)27(38)11-10-26(37)34(28,5)6;1-21(2)31(40)38-15-16-41-27(19-38)43-26-11-12-35-20-36(35)14-13-33(6)28-22(3)17-23(18-37-8)42-29(28)30(39)34(33,7)25(36)10-9-24(35)32(26,4)5/h22-23,25-32,42H,10-21H2,1-9H3;21-30,37,39H,9-20H2,1-8H3/t23-,25-,26+,27+,28+,29+,30+,31+,32+,35-,36-,37-,38+;22-,23-,24+,25+,26+,27+,28+,29+,30+,33-,34-,35-,36+/m11/s1. The Balaban J connectivity index is 0.000000164. The number of fused-ring (bicyclic) bond motifs is 8. The third-order valence-corrected chi connectivity index (χ3v) is 31.4. The lowest BCUT2D eigenvalue weighted by atomic mass is 9.41. The van der Waals surface area contributed by atoms with E-state index in [1.165, 1.54) is 64.2 Å². The predicted octanol–water partition coefficient (Wildman–Crippen LogP) is 10.7. The molecule has 0 aromatic rings. The van der Waals surface area contributed by atoms with Gasteiger partial charge in [-0.3, -0.25) is 14.4 Å². The number of amides is 3. The van der Waals surface area contributed by atoms with E-state index in [0.29, 0.717) is 115 Å². The molecule has 0 aromatic carbocycles. The Hall–Kier alpha value is -1.95. The fourth-order valence-corrected chi connectivity index (χ4v) is 27.1. The first-order valence-electron chi connectivity index (χ1n) is 36.4. The second kappa shape index (κ2) is 22.3. The number of likely N-dealkylation sites (N-methyl/N-ethyl adjacent to an activating group) is 2. The van der Waals surface area contributed by atoms with Gasteiger partial charge in [-0.05, 0) is 200 Å². The van der Waals surface area contributed by atoms with Crippen molar-refractivity contribution in [1.82, 2.24) is 20.0 Å². The Labute approximate surface area is 536 Å². The number of hydrogen-bond donors (Lipinski definition) is 3. The highest BCUT2D eigenvalue weighted by Gasteiger charge is 2.87. The van der Waals surface area contributed by atoms with Crippen LogP contribution in [0.1, 0.15) is 207 Å². The van der Waals surface area contributed by atoms with Crippen LogP contribution in [0.5, 0.6) is 0 Å². The Morgan fingerprint density at radius 1 is 0.584 bits per heavy atom. The molecule has 89 heavy (non-hydrogen) atoms. The summed E-state index contributed by atoms with van der Waals surface area (Å²) in [6, 6.07) is 0. The number of aliphatic hydroxyl groups is 2. The predicted molar refractivity (Wildman–Crippen MR) is 341 cm³/mol. The third-order valence-electron chi connectivity index (χ3n) is 31.4. The molecule has 15 nitrogen and oxygen atoms in total. The molecule has 4 heterocycles. The third kappa shape index (κ3) is 9.20. The average molecular weight is 1240 g/mol. The average Bonchev–Trinajstić information content (AvgIpc) is 1.47. The molecule has 0 aromatic heterocycles. The fourth-order valence-electron chi connectivity index (χ4n) is 27.1. The van der Waals surface area contributed by atoms with Crippen molar-refractivity contribution < 1.29 is 53.0 Å². The summed E-state index contributed by atoms with van der Waals surface area (Å²) in [5.41, 5.74) is 1.22. The summed E-state index contributed by atoms with van der Waals surface area (Å²) in [4.78, 5) is 43.1. The summed E-state index contributed by atoms with van der Waals surface area (Å²) in [5, 5.41) is 28.1. The molecule has 14 aliphatic rings. The van der Waals surface area contributed by atoms with Crippen molar-refractivity contribution in [2.45, 2.75) is 268 Å². The van der Waals surface area contributed by atoms with Gasteiger partial charge in [0.15, 0.2) is 12.6 Å². The molecule has 10 saturated carbocycles. The maximum Gasteiger partial charge on any atom is 0.225 e. The van der Waals surface area contributed by atoms with E-state index in [2.05, 4.69) is 74.6 Å². The number of ether oxygens (including phenoxy) is 6. The van der Waals surface area contributed by atoms with Gasteiger partial charge in [-0.15, -0.1) is 0 Å². The summed E-state index contributed by atoms with van der Waals surface area (Å²) in [6.07, 6.45) is 17.5. The van der Waals surface area contributed by atoms with E-state index < -0.39 is 12.2 Å². The largest absolute Gasteiger partial charge is 0.390 e. The van der Waals surface area contributed by atoms with Crippen molar-refractivity contribution >= 4 is 17.7 Å². The van der Waals surface area contributed by atoms with Crippen molar-refractivity contribution in [3.8, 4) is 0 Å². The van der Waals surface area contributed by atoms with Crippen molar-refractivity contribution in [2.75, 3.05) is 66.6 Å². The van der Waals surface area contributed by atoms with Crippen LogP contribution in [-0.4, -0.2) is 171 Å². The molecule has 26 atom stereocenters. The van der Waals surface area contributed by atoms with Gasteiger partial charge < -0.3 is 58.7 Å². The van der Waals surface area contributed by atoms with Crippen molar-refractivity contribution in [2.24, 2.45) is 113 Å². The van der Waals surface area contributed by atoms with E-state index in [-0.39, 0.29) is 111 Å². The summed E-state index contributed by atoms with van der Waals surface area (Å²) in [6.45, 7) is 39.0. The second-order valence-electron chi connectivity index (χ2n) is 36.0. The molecule has 14 rings (SSSR count). The summed E-state index contributed by atoms with van der Waals surface area (Å²) in [5.74, 6) is 4.47. The summed E-state index contributed by atoms with van der Waals surface area (Å²) >= 11 is 0. The second-order valence-corrected chi connectivity index (χ2v) is 36.0. The first kappa shape index (κ1) is 65.7. The molecule has 0 radical (unpaired) electrons. The Bertz CT molecular complexity index is 2710. The van der Waals surface area contributed by atoms with Crippen LogP contribution >= 0.6 is 0 Å². The van der Waals surface area contributed by atoms with Crippen LogP contribution in [0.25, 0.3) is 0 Å². The van der Waals surface area contributed by atoms with Crippen LogP contribution in [0.2, 0.25) is 0 Å². The van der Waals surface area contributed by atoms with Gasteiger partial charge in [0.25, 0.3) is 0 Å². The van der Waals surface area contributed by atoms with Crippen molar-refractivity contribution in [3.63, 3.8) is 0 Å². The lowest BCUT2D eigenvalue weighted by Crippen LogP contribution is -2.60. The van der Waals surface area contributed by atoms with Gasteiger partial charge in [-0.1, -0.05) is 96.9 Å². The zero-order chi connectivity index (χ0) is 63.9. The molecular weight excluding hydrogens is 1120 g/mol. The number of nitrogens with one attached hydrogen (secondary N) is 1. The van der Waals surface area contributed by atoms with Gasteiger partial charge in [0.1, 0.15) is 0 Å². The molecule has 4 aliphatic heterocycles. The zero-order valence-corrected chi connectivity index (χ0v) is 58.4. The molecular formula is C74H122N4O11. The topological polar surface area (TPSA) is 169 Å². The van der Waals surface area contributed by atoms with E-state index in [0.717, 1.165) is 45.1 Å². The molecule has 15 heteroatoms. The van der Waals surface area contributed by atoms with Crippen molar-refractivity contribution in [1.29, 1.82) is 0 Å². The van der Waals surface area contributed by atoms with Gasteiger partial charge in [0.05, 0.1) is 75.1 Å². The van der Waals surface area contributed by atoms with E-state index in [1.54, 1.807) is 11.8 Å². The molecule has 4 saturated heterocycles. The molecule has 3 N–H and O–H groups in total. The minimum absolute atomic E-state index is 0.00272. The Morgan fingerprint density at radius 2 is 0.978 bits per heavy atom. The van der Waals surface area contributed by atoms with Crippen LogP contribution in [0.15, 0.2) is 0 Å².